The van der Waals surface area contributed by atoms with Crippen molar-refractivity contribution >= 4 is 27.3 Å². The maximum atomic E-state index is 13.8. The molecule has 1 amide bonds. The van der Waals surface area contributed by atoms with Crippen LogP contribution in [0.4, 0.5) is 4.39 Å². The lowest BCUT2D eigenvalue weighted by molar-refractivity contribution is 0.0747. The van der Waals surface area contributed by atoms with Gasteiger partial charge in [-0.2, -0.15) is 0 Å². The van der Waals surface area contributed by atoms with Crippen LogP contribution in [-0.4, -0.2) is 22.8 Å². The molecule has 5 heteroatoms. The number of hydrogen-bond acceptors (Lipinski definition) is 3. The molecule has 1 atom stereocenters. The van der Waals surface area contributed by atoms with Crippen molar-refractivity contribution in [2.45, 2.75) is 13.0 Å². The van der Waals surface area contributed by atoms with Gasteiger partial charge in [0.25, 0.3) is 5.91 Å². The fourth-order valence-corrected chi connectivity index (χ4v) is 3.40. The number of pyridine rings is 1. The van der Waals surface area contributed by atoms with Gasteiger partial charge in [-0.1, -0.05) is 6.07 Å². The number of carbonyl (C=O) groups excluding carboxylic acids is 1. The Morgan fingerprint density at radius 2 is 2.00 bits per heavy atom. The van der Waals surface area contributed by atoms with E-state index in [9.17, 15) is 9.18 Å². The van der Waals surface area contributed by atoms with E-state index in [1.165, 1.54) is 17.4 Å². The molecule has 0 N–H and O–H groups in total. The zero-order chi connectivity index (χ0) is 15.7. The Morgan fingerprint density at radius 3 is 2.68 bits per heavy atom. The first-order valence-corrected chi connectivity index (χ1v) is 7.74. The summed E-state index contributed by atoms with van der Waals surface area (Å²) in [6, 6.07) is 10.2. The van der Waals surface area contributed by atoms with Crippen LogP contribution in [0.2, 0.25) is 0 Å². The number of nitrogens with zero attached hydrogens (tertiary/aromatic N) is 2. The number of halogens is 1. The zero-order valence-electron chi connectivity index (χ0n) is 12.3. The van der Waals surface area contributed by atoms with Gasteiger partial charge in [-0.05, 0) is 42.8 Å². The standard InChI is InChI=1S/C17H15FN2OS/c1-11(12-6-8-19-9-7-12)20(2)17(21)16-10-13-14(18)4-3-5-15(13)22-16/h3-11H,1-2H3/t11-/m0/s1. The van der Waals surface area contributed by atoms with Gasteiger partial charge in [0.2, 0.25) is 0 Å². The molecule has 1 aromatic carbocycles. The van der Waals surface area contributed by atoms with Crippen LogP contribution in [0.5, 0.6) is 0 Å². The molecule has 3 aromatic rings. The first-order chi connectivity index (χ1) is 10.6. The van der Waals surface area contributed by atoms with E-state index in [0.717, 1.165) is 10.3 Å². The average Bonchev–Trinajstić information content (AvgIpc) is 2.99. The number of hydrogen-bond donors (Lipinski definition) is 0. The van der Waals surface area contributed by atoms with E-state index < -0.39 is 0 Å². The van der Waals surface area contributed by atoms with E-state index in [-0.39, 0.29) is 17.8 Å². The van der Waals surface area contributed by atoms with Crippen molar-refractivity contribution in [3.63, 3.8) is 0 Å². The van der Waals surface area contributed by atoms with E-state index in [1.807, 2.05) is 25.1 Å². The molecule has 0 aliphatic carbocycles. The number of rotatable bonds is 3. The first kappa shape index (κ1) is 14.7. The number of amides is 1. The third-order valence-corrected chi connectivity index (χ3v) is 4.90. The summed E-state index contributed by atoms with van der Waals surface area (Å²) in [6.07, 6.45) is 3.41. The van der Waals surface area contributed by atoms with Crippen molar-refractivity contribution in [2.75, 3.05) is 7.05 Å². The van der Waals surface area contributed by atoms with Crippen LogP contribution in [0, 0.1) is 5.82 Å². The smallest absolute Gasteiger partial charge is 0.264 e. The van der Waals surface area contributed by atoms with Gasteiger partial charge in [0, 0.05) is 29.5 Å². The molecule has 0 spiro atoms. The van der Waals surface area contributed by atoms with Crippen LogP contribution in [0.15, 0.2) is 48.8 Å². The molecule has 0 radical (unpaired) electrons. The van der Waals surface area contributed by atoms with E-state index in [1.54, 1.807) is 36.5 Å². The summed E-state index contributed by atoms with van der Waals surface area (Å²) < 4.78 is 14.5. The van der Waals surface area contributed by atoms with E-state index in [0.29, 0.717) is 10.3 Å². The molecular weight excluding hydrogens is 299 g/mol. The molecule has 0 fully saturated rings. The van der Waals surface area contributed by atoms with Crippen LogP contribution in [0.1, 0.15) is 28.2 Å². The van der Waals surface area contributed by atoms with Crippen molar-refractivity contribution in [2.24, 2.45) is 0 Å². The van der Waals surface area contributed by atoms with Gasteiger partial charge < -0.3 is 4.90 Å². The molecule has 0 aliphatic rings. The Labute approximate surface area is 132 Å². The van der Waals surface area contributed by atoms with Gasteiger partial charge in [0.05, 0.1) is 10.9 Å². The molecule has 0 saturated carbocycles. The largest absolute Gasteiger partial charge is 0.334 e. The van der Waals surface area contributed by atoms with Crippen LogP contribution in [0.25, 0.3) is 10.1 Å². The second-order valence-corrected chi connectivity index (χ2v) is 6.22. The van der Waals surface area contributed by atoms with Crippen LogP contribution >= 0.6 is 11.3 Å². The molecular formula is C17H15FN2OS. The Balaban J connectivity index is 1.90. The number of benzene rings is 1. The maximum absolute atomic E-state index is 13.8. The molecule has 3 rings (SSSR count). The van der Waals surface area contributed by atoms with E-state index >= 15 is 0 Å². The molecule has 112 valence electrons. The van der Waals surface area contributed by atoms with Gasteiger partial charge >= 0.3 is 0 Å². The van der Waals surface area contributed by atoms with Crippen molar-refractivity contribution in [1.29, 1.82) is 0 Å². The van der Waals surface area contributed by atoms with Crippen LogP contribution in [-0.2, 0) is 0 Å². The number of carbonyl (C=O) groups is 1. The molecule has 0 saturated heterocycles. The Hall–Kier alpha value is -2.27. The molecule has 2 heterocycles. The summed E-state index contributed by atoms with van der Waals surface area (Å²) in [5.74, 6) is -0.400. The second-order valence-electron chi connectivity index (χ2n) is 5.13. The monoisotopic (exact) mass is 314 g/mol. The number of aromatic nitrogens is 1. The maximum Gasteiger partial charge on any atom is 0.264 e. The summed E-state index contributed by atoms with van der Waals surface area (Å²) in [4.78, 5) is 18.8. The fourth-order valence-electron chi connectivity index (χ4n) is 2.35. The van der Waals surface area contributed by atoms with Gasteiger partial charge in [0.1, 0.15) is 5.82 Å². The Bertz CT molecular complexity index is 816. The summed E-state index contributed by atoms with van der Waals surface area (Å²) in [7, 11) is 1.76. The Kier molecular flexibility index (Phi) is 3.90. The SMILES string of the molecule is C[C@@H](c1ccncc1)N(C)C(=O)c1cc2c(F)cccc2s1. The molecule has 22 heavy (non-hydrogen) atoms. The molecule has 3 nitrogen and oxygen atoms in total. The topological polar surface area (TPSA) is 33.2 Å². The minimum absolute atomic E-state index is 0.0782. The highest BCUT2D eigenvalue weighted by Crippen LogP contribution is 2.30. The van der Waals surface area contributed by atoms with Crippen molar-refractivity contribution in [3.8, 4) is 0 Å². The van der Waals surface area contributed by atoms with Gasteiger partial charge in [-0.15, -0.1) is 11.3 Å². The third-order valence-electron chi connectivity index (χ3n) is 3.81. The van der Waals surface area contributed by atoms with Crippen molar-refractivity contribution < 1.29 is 9.18 Å². The summed E-state index contributed by atoms with van der Waals surface area (Å²) in [5.41, 5.74) is 1.01. The molecule has 2 aromatic heterocycles. The van der Waals surface area contributed by atoms with Crippen molar-refractivity contribution in [1.82, 2.24) is 9.88 Å². The van der Waals surface area contributed by atoms with Crippen molar-refractivity contribution in [3.05, 3.63) is 65.0 Å². The highest BCUT2D eigenvalue weighted by molar-refractivity contribution is 7.20. The van der Waals surface area contributed by atoms with Gasteiger partial charge in [0.15, 0.2) is 0 Å². The molecule has 0 bridgehead atoms. The number of fused-ring (bicyclic) bond motifs is 1. The summed E-state index contributed by atoms with van der Waals surface area (Å²) in [5, 5.41) is 0.501. The third kappa shape index (κ3) is 2.60. The summed E-state index contributed by atoms with van der Waals surface area (Å²) in [6.45, 7) is 1.96. The highest BCUT2D eigenvalue weighted by atomic mass is 32.1. The lowest BCUT2D eigenvalue weighted by Gasteiger charge is -2.24. The zero-order valence-corrected chi connectivity index (χ0v) is 13.1. The van der Waals surface area contributed by atoms with Gasteiger partial charge in [-0.3, -0.25) is 9.78 Å². The minimum atomic E-state index is -0.294. The summed E-state index contributed by atoms with van der Waals surface area (Å²) >= 11 is 1.32. The minimum Gasteiger partial charge on any atom is -0.334 e. The normalized spacial score (nSPS) is 12.3. The Morgan fingerprint density at radius 1 is 1.27 bits per heavy atom. The quantitative estimate of drug-likeness (QED) is 0.723. The van der Waals surface area contributed by atoms with Crippen LogP contribution < -0.4 is 0 Å². The predicted molar refractivity (Wildman–Crippen MR) is 86.5 cm³/mol. The first-order valence-electron chi connectivity index (χ1n) is 6.93. The van der Waals surface area contributed by atoms with E-state index in [2.05, 4.69) is 4.98 Å². The lowest BCUT2D eigenvalue weighted by Crippen LogP contribution is -2.29. The molecule has 0 unspecified atom stereocenters. The highest BCUT2D eigenvalue weighted by Gasteiger charge is 2.21. The molecule has 0 aliphatic heterocycles. The average molecular weight is 314 g/mol. The predicted octanol–water partition coefficient (Wildman–Crippen LogP) is 4.27. The van der Waals surface area contributed by atoms with Gasteiger partial charge in [-0.25, -0.2) is 4.39 Å². The fraction of sp³-hybridized carbons (Fsp3) is 0.176. The number of thiophene rings is 1. The lowest BCUT2D eigenvalue weighted by atomic mass is 10.1. The van der Waals surface area contributed by atoms with Crippen LogP contribution in [0.3, 0.4) is 0 Å². The second kappa shape index (κ2) is 5.85. The van der Waals surface area contributed by atoms with E-state index in [4.69, 9.17) is 0 Å².